The van der Waals surface area contributed by atoms with Crippen molar-refractivity contribution in [1.82, 2.24) is 0 Å². The highest BCUT2D eigenvalue weighted by atomic mass is 19.1. The van der Waals surface area contributed by atoms with Crippen molar-refractivity contribution in [3.8, 4) is 0 Å². The van der Waals surface area contributed by atoms with Crippen molar-refractivity contribution in [1.29, 1.82) is 0 Å². The predicted octanol–water partition coefficient (Wildman–Crippen LogP) is -0.0484. The van der Waals surface area contributed by atoms with E-state index >= 15 is 0 Å². The molecule has 1 aliphatic heterocycles. The van der Waals surface area contributed by atoms with Crippen LogP contribution in [0.15, 0.2) is 12.1 Å². The molecule has 0 saturated carbocycles. The maximum absolute atomic E-state index is 13.0. The smallest absolute Gasteiger partial charge is 0.423 e. The Balaban J connectivity index is 2.57. The second kappa shape index (κ2) is 3.04. The lowest BCUT2D eigenvalue weighted by Crippen LogP contribution is -2.28. The fourth-order valence-corrected chi connectivity index (χ4v) is 1.37. The van der Waals surface area contributed by atoms with Gasteiger partial charge in [-0.05, 0) is 17.1 Å². The van der Waals surface area contributed by atoms with Crippen LogP contribution >= 0.6 is 0 Å². The molecule has 0 atom stereocenters. The lowest BCUT2D eigenvalue weighted by Gasteiger charge is -1.98. The summed E-state index contributed by atoms with van der Waals surface area (Å²) in [5.74, 6) is -0.911. The Labute approximate surface area is 78.4 Å². The Kier molecular flexibility index (Phi) is 1.97. The first-order chi connectivity index (χ1) is 6.59. The van der Waals surface area contributed by atoms with Crippen LogP contribution in [0.5, 0.6) is 0 Å². The molecule has 0 unspecified atom stereocenters. The number of fused-ring (bicyclic) bond motifs is 1. The molecule has 5 nitrogen and oxygen atoms in total. The van der Waals surface area contributed by atoms with Crippen LogP contribution in [-0.2, 0) is 11.3 Å². The standard InChI is InChI=1S/C7H5BFNO4/c9-6-1-4-3-14-8(11)5(4)2-7(6)10(12)13/h1-2,11H,3H2. The number of hydrogen-bond donors (Lipinski definition) is 1. The molecular formula is C7H5BFNO4. The van der Waals surface area contributed by atoms with Gasteiger partial charge in [-0.2, -0.15) is 4.39 Å². The summed E-state index contributed by atoms with van der Waals surface area (Å²) in [5, 5.41) is 19.6. The molecule has 1 aromatic rings. The summed E-state index contributed by atoms with van der Waals surface area (Å²) < 4.78 is 17.8. The monoisotopic (exact) mass is 197 g/mol. The van der Waals surface area contributed by atoms with Gasteiger partial charge in [-0.25, -0.2) is 0 Å². The van der Waals surface area contributed by atoms with E-state index in [0.29, 0.717) is 5.56 Å². The Morgan fingerprint density at radius 2 is 2.36 bits per heavy atom. The minimum absolute atomic E-state index is 0.0748. The normalized spacial score (nSPS) is 14.3. The van der Waals surface area contributed by atoms with Crippen LogP contribution in [0.3, 0.4) is 0 Å². The molecule has 0 fully saturated rings. The molecule has 72 valence electrons. The quantitative estimate of drug-likeness (QED) is 0.389. The lowest BCUT2D eigenvalue weighted by atomic mass is 9.79. The Bertz CT molecular complexity index is 411. The zero-order valence-corrected chi connectivity index (χ0v) is 6.94. The van der Waals surface area contributed by atoms with Gasteiger partial charge in [0.05, 0.1) is 11.5 Å². The number of halogens is 1. The van der Waals surface area contributed by atoms with E-state index in [9.17, 15) is 19.5 Å². The third kappa shape index (κ3) is 1.26. The van der Waals surface area contributed by atoms with Gasteiger partial charge in [0.2, 0.25) is 5.82 Å². The first-order valence-corrected chi connectivity index (χ1v) is 3.86. The van der Waals surface area contributed by atoms with Crippen molar-refractivity contribution in [2.45, 2.75) is 6.61 Å². The van der Waals surface area contributed by atoms with Crippen molar-refractivity contribution in [3.63, 3.8) is 0 Å². The molecule has 1 aliphatic rings. The number of nitrogens with zero attached hydrogens (tertiary/aromatic N) is 1. The predicted molar refractivity (Wildman–Crippen MR) is 45.5 cm³/mol. The van der Waals surface area contributed by atoms with E-state index in [0.717, 1.165) is 12.1 Å². The molecule has 0 aliphatic carbocycles. The van der Waals surface area contributed by atoms with Gasteiger partial charge in [0.25, 0.3) is 0 Å². The van der Waals surface area contributed by atoms with Crippen LogP contribution in [-0.4, -0.2) is 17.1 Å². The third-order valence-corrected chi connectivity index (χ3v) is 2.07. The molecule has 14 heavy (non-hydrogen) atoms. The van der Waals surface area contributed by atoms with E-state index < -0.39 is 23.5 Å². The van der Waals surface area contributed by atoms with E-state index in [1.807, 2.05) is 0 Å². The summed E-state index contributed by atoms with van der Waals surface area (Å²) >= 11 is 0. The number of hydrogen-bond acceptors (Lipinski definition) is 4. The lowest BCUT2D eigenvalue weighted by molar-refractivity contribution is -0.387. The summed E-state index contributed by atoms with van der Waals surface area (Å²) in [7, 11) is -1.19. The zero-order valence-electron chi connectivity index (χ0n) is 6.94. The molecule has 1 aromatic carbocycles. The van der Waals surface area contributed by atoms with Gasteiger partial charge in [0.15, 0.2) is 0 Å². The van der Waals surface area contributed by atoms with Gasteiger partial charge in [0.1, 0.15) is 0 Å². The average molecular weight is 197 g/mol. The van der Waals surface area contributed by atoms with Crippen LogP contribution in [0, 0.1) is 15.9 Å². The highest BCUT2D eigenvalue weighted by molar-refractivity contribution is 6.61. The fraction of sp³-hybridized carbons (Fsp3) is 0.143. The first kappa shape index (κ1) is 9.10. The van der Waals surface area contributed by atoms with Crippen molar-refractivity contribution >= 4 is 18.3 Å². The minimum Gasteiger partial charge on any atom is -0.423 e. The van der Waals surface area contributed by atoms with E-state index in [-0.39, 0.29) is 12.1 Å². The summed E-state index contributed by atoms with van der Waals surface area (Å²) in [4.78, 5) is 9.54. The maximum atomic E-state index is 13.0. The highest BCUT2D eigenvalue weighted by Gasteiger charge is 2.31. The Morgan fingerprint density at radius 3 is 3.00 bits per heavy atom. The fourth-order valence-electron chi connectivity index (χ4n) is 1.37. The number of rotatable bonds is 1. The van der Waals surface area contributed by atoms with Gasteiger partial charge in [-0.3, -0.25) is 10.1 Å². The number of benzene rings is 1. The summed E-state index contributed by atoms with van der Waals surface area (Å²) in [6, 6.07) is 2.02. The van der Waals surface area contributed by atoms with Gasteiger partial charge < -0.3 is 9.68 Å². The van der Waals surface area contributed by atoms with Crippen molar-refractivity contribution in [3.05, 3.63) is 33.6 Å². The van der Waals surface area contributed by atoms with Crippen molar-refractivity contribution in [2.75, 3.05) is 0 Å². The molecule has 0 bridgehead atoms. The van der Waals surface area contributed by atoms with Crippen LogP contribution in [0.25, 0.3) is 0 Å². The molecule has 2 rings (SSSR count). The van der Waals surface area contributed by atoms with Crippen LogP contribution in [0.1, 0.15) is 5.56 Å². The van der Waals surface area contributed by atoms with E-state index in [2.05, 4.69) is 0 Å². The topological polar surface area (TPSA) is 72.6 Å². The maximum Gasteiger partial charge on any atom is 0.492 e. The molecule has 7 heteroatoms. The van der Waals surface area contributed by atoms with Gasteiger partial charge in [-0.1, -0.05) is 0 Å². The van der Waals surface area contributed by atoms with E-state index in [1.165, 1.54) is 0 Å². The highest BCUT2D eigenvalue weighted by Crippen LogP contribution is 2.20. The third-order valence-electron chi connectivity index (χ3n) is 2.07. The average Bonchev–Trinajstić information content (AvgIpc) is 2.46. The molecule has 0 amide bonds. The summed E-state index contributed by atoms with van der Waals surface area (Å²) in [6.45, 7) is 0.0748. The van der Waals surface area contributed by atoms with Gasteiger partial charge >= 0.3 is 12.8 Å². The van der Waals surface area contributed by atoms with Gasteiger partial charge in [-0.15, -0.1) is 0 Å². The first-order valence-electron chi connectivity index (χ1n) is 3.86. The zero-order chi connectivity index (χ0) is 10.3. The van der Waals surface area contributed by atoms with Crippen molar-refractivity contribution < 1.29 is 19.0 Å². The Morgan fingerprint density at radius 1 is 1.64 bits per heavy atom. The second-order valence-electron chi connectivity index (χ2n) is 2.92. The molecule has 1 heterocycles. The molecule has 0 aromatic heterocycles. The summed E-state index contributed by atoms with van der Waals surface area (Å²) in [5.41, 5.74) is 0.0620. The molecule has 1 N–H and O–H groups in total. The molecule has 0 spiro atoms. The van der Waals surface area contributed by atoms with Crippen LogP contribution in [0.2, 0.25) is 0 Å². The number of nitro groups is 1. The van der Waals surface area contributed by atoms with Crippen molar-refractivity contribution in [2.24, 2.45) is 0 Å². The largest absolute Gasteiger partial charge is 0.492 e. The molecule has 0 saturated heterocycles. The van der Waals surface area contributed by atoms with Gasteiger partial charge in [0, 0.05) is 6.07 Å². The Hall–Kier alpha value is -1.47. The number of nitro benzene ring substituents is 1. The van der Waals surface area contributed by atoms with E-state index in [4.69, 9.17) is 4.65 Å². The van der Waals surface area contributed by atoms with Crippen LogP contribution in [0.4, 0.5) is 10.1 Å². The molecular weight excluding hydrogens is 192 g/mol. The molecule has 0 radical (unpaired) electrons. The SMILES string of the molecule is O=[N+]([O-])c1cc2c(cc1F)COB2O. The summed E-state index contributed by atoms with van der Waals surface area (Å²) in [6.07, 6.45) is 0. The minimum atomic E-state index is -1.19. The second-order valence-corrected chi connectivity index (χ2v) is 2.92. The van der Waals surface area contributed by atoms with Crippen LogP contribution < -0.4 is 5.46 Å². The van der Waals surface area contributed by atoms with E-state index in [1.54, 1.807) is 0 Å².